The van der Waals surface area contributed by atoms with Crippen molar-refractivity contribution < 1.29 is 4.79 Å². The molecule has 1 amide bonds. The second-order valence-corrected chi connectivity index (χ2v) is 6.32. The highest BCUT2D eigenvalue weighted by atomic mass is 16.1. The van der Waals surface area contributed by atoms with Crippen LogP contribution >= 0.6 is 0 Å². The molecule has 0 saturated heterocycles. The van der Waals surface area contributed by atoms with Crippen LogP contribution in [0, 0.1) is 0 Å². The number of para-hydroxylation sites is 1. The molecule has 2 aromatic heterocycles. The lowest BCUT2D eigenvalue weighted by Crippen LogP contribution is -2.14. The van der Waals surface area contributed by atoms with Gasteiger partial charge in [0.2, 0.25) is 5.91 Å². The number of nitrogens with zero attached hydrogens (tertiary/aromatic N) is 4. The number of nitrogens with one attached hydrogen (secondary N) is 2. The maximum atomic E-state index is 12.2. The molecule has 0 aliphatic heterocycles. The summed E-state index contributed by atoms with van der Waals surface area (Å²) in [5.41, 5.74) is 2.09. The molecule has 140 valence electrons. The van der Waals surface area contributed by atoms with Crippen LogP contribution in [-0.2, 0) is 11.2 Å². The number of aromatic amines is 1. The molecule has 4 aromatic rings. The van der Waals surface area contributed by atoms with Gasteiger partial charge in [0.25, 0.3) is 5.56 Å². The first-order valence-electron chi connectivity index (χ1n) is 8.92. The van der Waals surface area contributed by atoms with E-state index in [2.05, 4.69) is 25.4 Å². The first kappa shape index (κ1) is 17.6. The predicted octanol–water partition coefficient (Wildman–Crippen LogP) is 2.47. The van der Waals surface area contributed by atoms with E-state index in [0.717, 1.165) is 5.69 Å². The van der Waals surface area contributed by atoms with E-state index in [4.69, 9.17) is 0 Å². The van der Waals surface area contributed by atoms with Gasteiger partial charge in [-0.25, -0.2) is 14.6 Å². The smallest absolute Gasteiger partial charge is 0.258 e. The molecule has 8 heteroatoms. The number of anilines is 1. The Balaban J connectivity index is 1.32. The van der Waals surface area contributed by atoms with Crippen LogP contribution in [-0.4, -0.2) is 30.6 Å². The molecule has 8 nitrogen and oxygen atoms in total. The van der Waals surface area contributed by atoms with Crippen molar-refractivity contribution in [3.05, 3.63) is 77.4 Å². The predicted molar refractivity (Wildman–Crippen MR) is 105 cm³/mol. The van der Waals surface area contributed by atoms with E-state index >= 15 is 0 Å². The zero-order chi connectivity index (χ0) is 19.3. The fourth-order valence-corrected chi connectivity index (χ4v) is 2.93. The molecule has 28 heavy (non-hydrogen) atoms. The van der Waals surface area contributed by atoms with Crippen LogP contribution in [0.2, 0.25) is 0 Å². The van der Waals surface area contributed by atoms with Crippen LogP contribution in [0.4, 0.5) is 5.69 Å². The molecular formula is C20H18N6O2. The maximum absolute atomic E-state index is 12.2. The van der Waals surface area contributed by atoms with Gasteiger partial charge in [0.05, 0.1) is 16.6 Å². The molecule has 2 heterocycles. The van der Waals surface area contributed by atoms with Gasteiger partial charge in [0.15, 0.2) is 0 Å². The Kier molecular flexibility index (Phi) is 4.92. The summed E-state index contributed by atoms with van der Waals surface area (Å²) in [6, 6.07) is 14.6. The molecule has 0 aliphatic carbocycles. The third-order valence-corrected chi connectivity index (χ3v) is 4.31. The third-order valence-electron chi connectivity index (χ3n) is 4.31. The number of rotatable bonds is 6. The minimum Gasteiger partial charge on any atom is -0.326 e. The van der Waals surface area contributed by atoms with Gasteiger partial charge in [-0.3, -0.25) is 9.59 Å². The topological polar surface area (TPSA) is 106 Å². The van der Waals surface area contributed by atoms with E-state index < -0.39 is 0 Å². The highest BCUT2D eigenvalue weighted by molar-refractivity contribution is 5.90. The summed E-state index contributed by atoms with van der Waals surface area (Å²) in [5.74, 6) is 0.505. The van der Waals surface area contributed by atoms with Gasteiger partial charge in [-0.05, 0) is 42.8 Å². The zero-order valence-electron chi connectivity index (χ0n) is 15.0. The largest absolute Gasteiger partial charge is 0.326 e. The number of H-pyrrole nitrogens is 1. The highest BCUT2D eigenvalue weighted by Crippen LogP contribution is 2.13. The Labute approximate surface area is 160 Å². The summed E-state index contributed by atoms with van der Waals surface area (Å²) in [6.45, 7) is 0. The van der Waals surface area contributed by atoms with Crippen molar-refractivity contribution >= 4 is 22.5 Å². The van der Waals surface area contributed by atoms with E-state index in [1.807, 2.05) is 42.5 Å². The monoisotopic (exact) mass is 374 g/mol. The van der Waals surface area contributed by atoms with Crippen molar-refractivity contribution in [3.63, 3.8) is 0 Å². The van der Waals surface area contributed by atoms with Gasteiger partial charge in [-0.1, -0.05) is 12.1 Å². The molecule has 0 radical (unpaired) electrons. The Morgan fingerprint density at radius 3 is 2.71 bits per heavy atom. The van der Waals surface area contributed by atoms with Crippen LogP contribution in [0.15, 0.2) is 66.0 Å². The summed E-state index contributed by atoms with van der Waals surface area (Å²) in [7, 11) is 0. The minimum atomic E-state index is -0.155. The molecule has 2 aromatic carbocycles. The second kappa shape index (κ2) is 7.83. The molecule has 0 spiro atoms. The summed E-state index contributed by atoms with van der Waals surface area (Å²) in [4.78, 5) is 35.4. The van der Waals surface area contributed by atoms with Crippen LogP contribution in [0.25, 0.3) is 16.6 Å². The second-order valence-electron chi connectivity index (χ2n) is 6.32. The van der Waals surface area contributed by atoms with Gasteiger partial charge in [0.1, 0.15) is 18.5 Å². The van der Waals surface area contributed by atoms with Crippen molar-refractivity contribution in [1.29, 1.82) is 0 Å². The van der Waals surface area contributed by atoms with Crippen molar-refractivity contribution in [2.75, 3.05) is 5.32 Å². The normalized spacial score (nSPS) is 10.9. The molecule has 0 bridgehead atoms. The van der Waals surface area contributed by atoms with E-state index in [1.54, 1.807) is 17.1 Å². The van der Waals surface area contributed by atoms with E-state index in [1.165, 1.54) is 6.33 Å². The van der Waals surface area contributed by atoms with Crippen LogP contribution in [0.5, 0.6) is 0 Å². The number of benzene rings is 2. The summed E-state index contributed by atoms with van der Waals surface area (Å²) < 4.78 is 1.64. The lowest BCUT2D eigenvalue weighted by atomic mass is 10.2. The average Bonchev–Trinajstić information content (AvgIpc) is 3.23. The Morgan fingerprint density at radius 2 is 1.93 bits per heavy atom. The number of amides is 1. The Hall–Kier alpha value is -3.81. The molecule has 0 unspecified atom stereocenters. The highest BCUT2D eigenvalue weighted by Gasteiger charge is 2.06. The lowest BCUT2D eigenvalue weighted by molar-refractivity contribution is -0.116. The van der Waals surface area contributed by atoms with E-state index in [9.17, 15) is 9.59 Å². The molecule has 4 rings (SSSR count). The third kappa shape index (κ3) is 3.96. The molecular weight excluding hydrogens is 356 g/mol. The summed E-state index contributed by atoms with van der Waals surface area (Å²) >= 11 is 0. The molecule has 0 atom stereocenters. The molecule has 0 aliphatic rings. The van der Waals surface area contributed by atoms with Gasteiger partial charge >= 0.3 is 0 Å². The number of hydrogen-bond acceptors (Lipinski definition) is 5. The minimum absolute atomic E-state index is 0.0864. The molecule has 0 saturated carbocycles. The molecule has 0 fully saturated rings. The first-order chi connectivity index (χ1) is 13.7. The summed E-state index contributed by atoms with van der Waals surface area (Å²) in [5, 5.41) is 7.49. The van der Waals surface area contributed by atoms with Crippen molar-refractivity contribution in [3.8, 4) is 5.69 Å². The fraction of sp³-hybridized carbons (Fsp3) is 0.150. The van der Waals surface area contributed by atoms with Gasteiger partial charge < -0.3 is 10.3 Å². The van der Waals surface area contributed by atoms with E-state index in [0.29, 0.717) is 41.7 Å². The number of hydrogen-bond donors (Lipinski definition) is 2. The van der Waals surface area contributed by atoms with Crippen molar-refractivity contribution in [2.45, 2.75) is 19.3 Å². The number of aryl methyl sites for hydroxylation is 1. The molecule has 2 N–H and O–H groups in total. The van der Waals surface area contributed by atoms with Crippen molar-refractivity contribution in [1.82, 2.24) is 24.7 Å². The summed E-state index contributed by atoms with van der Waals surface area (Å²) in [6.07, 6.45) is 4.52. The average molecular weight is 374 g/mol. The fourth-order valence-electron chi connectivity index (χ4n) is 2.93. The van der Waals surface area contributed by atoms with Crippen LogP contribution < -0.4 is 10.9 Å². The van der Waals surface area contributed by atoms with Gasteiger partial charge in [0, 0.05) is 18.5 Å². The number of fused-ring (bicyclic) bond motifs is 1. The van der Waals surface area contributed by atoms with E-state index in [-0.39, 0.29) is 11.5 Å². The quantitative estimate of drug-likeness (QED) is 0.539. The van der Waals surface area contributed by atoms with Crippen LogP contribution in [0.3, 0.4) is 0 Å². The van der Waals surface area contributed by atoms with Gasteiger partial charge in [-0.15, -0.1) is 0 Å². The standard InChI is InChI=1S/C20H18N6O2/c27-19(23-14-8-10-15(11-9-14)26-13-21-12-22-26)7-3-6-18-24-17-5-2-1-4-16(17)20(28)25-18/h1-2,4-5,8-13H,3,6-7H2,(H,23,27)(H,24,25,28). The SMILES string of the molecule is O=C(CCCc1nc2ccccc2c(=O)[nH]1)Nc1ccc(-n2cncn2)cc1. The van der Waals surface area contributed by atoms with Crippen molar-refractivity contribution in [2.24, 2.45) is 0 Å². The Morgan fingerprint density at radius 1 is 1.11 bits per heavy atom. The zero-order valence-corrected chi connectivity index (χ0v) is 15.0. The van der Waals surface area contributed by atoms with Crippen LogP contribution in [0.1, 0.15) is 18.7 Å². The first-order valence-corrected chi connectivity index (χ1v) is 8.92. The maximum Gasteiger partial charge on any atom is 0.258 e. The number of aromatic nitrogens is 5. The number of carbonyl (C=O) groups excluding carboxylic acids is 1. The lowest BCUT2D eigenvalue weighted by Gasteiger charge is -2.07. The Bertz CT molecular complexity index is 1150. The van der Waals surface area contributed by atoms with Gasteiger partial charge in [-0.2, -0.15) is 5.10 Å². The number of carbonyl (C=O) groups is 1.